The largest absolute Gasteiger partial charge is 0.458 e. The summed E-state index contributed by atoms with van der Waals surface area (Å²) in [7, 11) is 0. The molecular weight excluding hydrogens is 561 g/mol. The first-order valence-corrected chi connectivity index (χ1v) is 16.2. The van der Waals surface area contributed by atoms with Crippen molar-refractivity contribution >= 4 is 50.9 Å². The van der Waals surface area contributed by atoms with Crippen molar-refractivity contribution < 1.29 is 9.47 Å². The lowest BCUT2D eigenvalue weighted by Crippen LogP contribution is -2.57. The number of para-hydroxylation sites is 2. The molecule has 0 atom stereocenters. The monoisotopic (exact) mass is 599 g/mol. The molecule has 0 amide bonds. The summed E-state index contributed by atoms with van der Waals surface area (Å²) >= 11 is 0. The van der Waals surface area contributed by atoms with Gasteiger partial charge in [-0.05, 0) is 74.0 Å². The fourth-order valence-electron chi connectivity index (χ4n) is 7.28. The van der Waals surface area contributed by atoms with Crippen LogP contribution in [0.5, 0.6) is 23.0 Å². The molecular formula is C42H38BNO2. The number of fused-ring (bicyclic) bond motifs is 5. The van der Waals surface area contributed by atoms with E-state index in [-0.39, 0.29) is 17.5 Å². The van der Waals surface area contributed by atoms with Gasteiger partial charge in [-0.3, -0.25) is 0 Å². The van der Waals surface area contributed by atoms with Crippen LogP contribution in [0.2, 0.25) is 0 Å². The van der Waals surface area contributed by atoms with Crippen LogP contribution in [0, 0.1) is 0 Å². The first kappa shape index (κ1) is 28.5. The van der Waals surface area contributed by atoms with Gasteiger partial charge in [0, 0.05) is 23.3 Å². The molecule has 4 heteroatoms. The fraction of sp³-hybridized carbons (Fsp3) is 0.190. The molecule has 0 fully saturated rings. The smallest absolute Gasteiger partial charge is 0.260 e. The molecule has 0 radical (unpaired) electrons. The first-order valence-electron chi connectivity index (χ1n) is 16.2. The molecule has 8 rings (SSSR count). The van der Waals surface area contributed by atoms with Crippen molar-refractivity contribution in [1.82, 2.24) is 0 Å². The molecule has 3 nitrogen and oxygen atoms in total. The number of hydrogen-bond donors (Lipinski definition) is 0. The van der Waals surface area contributed by atoms with Gasteiger partial charge in [0.2, 0.25) is 0 Å². The van der Waals surface area contributed by atoms with Crippen molar-refractivity contribution in [2.45, 2.75) is 52.4 Å². The second-order valence-corrected chi connectivity index (χ2v) is 14.6. The summed E-state index contributed by atoms with van der Waals surface area (Å²) in [5, 5.41) is 2.50. The second-order valence-electron chi connectivity index (χ2n) is 14.6. The summed E-state index contributed by atoms with van der Waals surface area (Å²) in [5.41, 5.74) is 9.17. The van der Waals surface area contributed by atoms with Crippen LogP contribution in [0.3, 0.4) is 0 Å². The highest BCUT2D eigenvalue weighted by Crippen LogP contribution is 2.47. The van der Waals surface area contributed by atoms with Gasteiger partial charge < -0.3 is 14.4 Å². The summed E-state index contributed by atoms with van der Waals surface area (Å²) < 4.78 is 13.5. The van der Waals surface area contributed by atoms with Gasteiger partial charge >= 0.3 is 0 Å². The van der Waals surface area contributed by atoms with Crippen molar-refractivity contribution in [2.24, 2.45) is 0 Å². The highest BCUT2D eigenvalue weighted by atomic mass is 16.5. The fourth-order valence-corrected chi connectivity index (χ4v) is 7.28. The maximum atomic E-state index is 6.73. The van der Waals surface area contributed by atoms with Gasteiger partial charge in [-0.25, -0.2) is 0 Å². The molecule has 0 saturated heterocycles. The quantitative estimate of drug-likeness (QED) is 0.189. The Hall–Kier alpha value is -4.96. The standard InChI is InChI=1S/C42H38BNO2/c1-41(2,3)28-20-22-29(23-21-28)44(34-24-19-27-13-7-8-14-31(27)39(34)42(4,5)6)30-25-37-40-38(26-30)46-36-18-12-10-16-33(36)43(40)32-15-9-11-17-35(32)45-37/h7-26H,1-6H3. The Balaban J connectivity index is 1.40. The van der Waals surface area contributed by atoms with Gasteiger partial charge in [-0.2, -0.15) is 0 Å². The molecule has 0 saturated carbocycles. The zero-order valence-electron chi connectivity index (χ0n) is 27.4. The maximum absolute atomic E-state index is 6.73. The number of anilines is 3. The van der Waals surface area contributed by atoms with Crippen LogP contribution in [0.1, 0.15) is 52.7 Å². The molecule has 2 heterocycles. The van der Waals surface area contributed by atoms with Gasteiger partial charge in [-0.1, -0.05) is 120 Å². The molecule has 0 spiro atoms. The summed E-state index contributed by atoms with van der Waals surface area (Å²) in [4.78, 5) is 2.39. The molecule has 2 aliphatic heterocycles. The molecule has 0 aliphatic carbocycles. The lowest BCUT2D eigenvalue weighted by Gasteiger charge is -2.36. The third-order valence-corrected chi connectivity index (χ3v) is 9.43. The van der Waals surface area contributed by atoms with Crippen LogP contribution < -0.4 is 30.8 Å². The highest BCUT2D eigenvalue weighted by molar-refractivity contribution is 6.98. The Morgan fingerprint density at radius 1 is 0.522 bits per heavy atom. The molecule has 6 aromatic carbocycles. The Labute approximate surface area is 272 Å². The zero-order chi connectivity index (χ0) is 31.8. The van der Waals surface area contributed by atoms with Gasteiger partial charge in [0.1, 0.15) is 23.0 Å². The van der Waals surface area contributed by atoms with Crippen LogP contribution >= 0.6 is 0 Å². The van der Waals surface area contributed by atoms with Crippen LogP contribution in [0.15, 0.2) is 121 Å². The average molecular weight is 600 g/mol. The van der Waals surface area contributed by atoms with E-state index in [1.807, 2.05) is 12.1 Å². The van der Waals surface area contributed by atoms with Crippen LogP contribution in [0.25, 0.3) is 10.8 Å². The minimum Gasteiger partial charge on any atom is -0.458 e. The van der Waals surface area contributed by atoms with Crippen LogP contribution in [-0.2, 0) is 10.8 Å². The second kappa shape index (κ2) is 10.3. The Morgan fingerprint density at radius 2 is 1.09 bits per heavy atom. The van der Waals surface area contributed by atoms with Crippen molar-refractivity contribution in [3.8, 4) is 23.0 Å². The van der Waals surface area contributed by atoms with Crippen LogP contribution in [0.4, 0.5) is 17.1 Å². The van der Waals surface area contributed by atoms with Gasteiger partial charge in [0.15, 0.2) is 0 Å². The van der Waals surface area contributed by atoms with Crippen LogP contribution in [-0.4, -0.2) is 6.71 Å². The molecule has 0 N–H and O–H groups in total. The normalized spacial score (nSPS) is 13.3. The number of ether oxygens (including phenoxy) is 2. The molecule has 0 aromatic heterocycles. The van der Waals surface area contributed by atoms with E-state index in [0.29, 0.717) is 0 Å². The van der Waals surface area contributed by atoms with E-state index in [1.54, 1.807) is 0 Å². The number of benzene rings is 6. The molecule has 226 valence electrons. The van der Waals surface area contributed by atoms with Crippen molar-refractivity contribution in [3.63, 3.8) is 0 Å². The lowest BCUT2D eigenvalue weighted by atomic mass is 9.35. The zero-order valence-corrected chi connectivity index (χ0v) is 27.4. The summed E-state index contributed by atoms with van der Waals surface area (Å²) in [6, 6.07) is 43.5. The third kappa shape index (κ3) is 4.58. The Morgan fingerprint density at radius 3 is 1.67 bits per heavy atom. The lowest BCUT2D eigenvalue weighted by molar-refractivity contribution is 0.465. The van der Waals surface area contributed by atoms with Crippen molar-refractivity contribution in [3.05, 3.63) is 132 Å². The van der Waals surface area contributed by atoms with E-state index in [1.165, 1.54) is 32.8 Å². The van der Waals surface area contributed by atoms with Gasteiger partial charge in [0.25, 0.3) is 6.71 Å². The third-order valence-electron chi connectivity index (χ3n) is 9.43. The number of rotatable bonds is 3. The number of nitrogens with zero attached hydrogens (tertiary/aromatic N) is 1. The van der Waals surface area contributed by atoms with E-state index in [9.17, 15) is 0 Å². The molecule has 2 aliphatic rings. The van der Waals surface area contributed by atoms with Gasteiger partial charge in [0.05, 0.1) is 11.4 Å². The Kier molecular flexibility index (Phi) is 6.38. The summed E-state index contributed by atoms with van der Waals surface area (Å²) in [6.45, 7) is 13.7. The van der Waals surface area contributed by atoms with E-state index < -0.39 is 0 Å². The van der Waals surface area contributed by atoms with E-state index >= 15 is 0 Å². The topological polar surface area (TPSA) is 21.7 Å². The molecule has 6 aromatic rings. The number of hydrogen-bond acceptors (Lipinski definition) is 3. The molecule has 46 heavy (non-hydrogen) atoms. The first-order chi connectivity index (χ1) is 22.1. The maximum Gasteiger partial charge on any atom is 0.260 e. The van der Waals surface area contributed by atoms with Crippen molar-refractivity contribution in [1.29, 1.82) is 0 Å². The van der Waals surface area contributed by atoms with Gasteiger partial charge in [-0.15, -0.1) is 0 Å². The van der Waals surface area contributed by atoms with E-state index in [4.69, 9.17) is 9.47 Å². The van der Waals surface area contributed by atoms with E-state index in [2.05, 4.69) is 156 Å². The predicted molar refractivity (Wildman–Crippen MR) is 194 cm³/mol. The summed E-state index contributed by atoms with van der Waals surface area (Å²) in [6.07, 6.45) is 0. The van der Waals surface area contributed by atoms with Crippen molar-refractivity contribution in [2.75, 3.05) is 4.90 Å². The minimum absolute atomic E-state index is 0.0410. The van der Waals surface area contributed by atoms with E-state index in [0.717, 1.165) is 45.5 Å². The SMILES string of the molecule is CC(C)(C)c1ccc(N(c2cc3c4c(c2)Oc2ccccc2B4c2ccccc2O3)c2ccc3ccccc3c2C(C)(C)C)cc1. The Bertz CT molecular complexity index is 2070. The molecule has 0 bridgehead atoms. The predicted octanol–water partition coefficient (Wildman–Crippen LogP) is 9.63. The minimum atomic E-state index is -0.127. The molecule has 0 unspecified atom stereocenters. The average Bonchev–Trinajstić information content (AvgIpc) is 3.03. The highest BCUT2D eigenvalue weighted by Gasteiger charge is 2.40. The summed E-state index contributed by atoms with van der Waals surface area (Å²) in [5.74, 6) is 3.45.